The van der Waals surface area contributed by atoms with E-state index in [1.807, 2.05) is 0 Å². The highest BCUT2D eigenvalue weighted by Crippen LogP contribution is 2.30. The number of nitrogens with two attached hydrogens (primary N) is 1. The lowest BCUT2D eigenvalue weighted by Crippen LogP contribution is -2.58. The highest BCUT2D eigenvalue weighted by Gasteiger charge is 2.42. The van der Waals surface area contributed by atoms with E-state index in [1.165, 1.54) is 0 Å². The van der Waals surface area contributed by atoms with E-state index in [-0.39, 0.29) is 5.84 Å². The van der Waals surface area contributed by atoms with Crippen LogP contribution in [0.25, 0.3) is 0 Å². The summed E-state index contributed by atoms with van der Waals surface area (Å²) in [6.45, 7) is 3.18. The Morgan fingerprint density at radius 2 is 1.95 bits per heavy atom. The van der Waals surface area contributed by atoms with Crippen molar-refractivity contribution in [1.29, 1.82) is 0 Å². The van der Waals surface area contributed by atoms with Crippen molar-refractivity contribution in [3.8, 4) is 0 Å². The number of rotatable bonds is 5. The van der Waals surface area contributed by atoms with Gasteiger partial charge in [0.1, 0.15) is 0 Å². The molecule has 5 N–H and O–H groups in total. The highest BCUT2D eigenvalue weighted by molar-refractivity contribution is 7.88. The molecule has 20 heavy (non-hydrogen) atoms. The molecule has 1 fully saturated rings. The number of nitrogens with zero attached hydrogens (tertiary/aromatic N) is 1. The Balaban J connectivity index is 2.80. The molecule has 116 valence electrons. The van der Waals surface area contributed by atoms with Crippen LogP contribution in [0, 0.1) is 0 Å². The number of hydrogen-bond acceptors (Lipinski definition) is 6. The van der Waals surface area contributed by atoms with Gasteiger partial charge in [-0.2, -0.15) is 13.1 Å². The molecule has 0 aromatic heterocycles. The molecule has 1 rings (SSSR count). The second-order valence-electron chi connectivity index (χ2n) is 4.94. The first-order chi connectivity index (χ1) is 9.21. The lowest BCUT2D eigenvalue weighted by molar-refractivity contribution is 0.121. The molecule has 0 bridgehead atoms. The number of carbonyl (C=O) groups excluding carboxylic acids is 1. The molecule has 10 heteroatoms. The molecule has 0 unspecified atom stereocenters. The first-order valence-corrected chi connectivity index (χ1v) is 7.69. The molecule has 0 spiro atoms. The fourth-order valence-electron chi connectivity index (χ4n) is 2.12. The van der Waals surface area contributed by atoms with E-state index < -0.39 is 27.9 Å². The summed E-state index contributed by atoms with van der Waals surface area (Å²) in [6, 6.07) is 0. The summed E-state index contributed by atoms with van der Waals surface area (Å²) in [6.07, 6.45) is 0.714. The Morgan fingerprint density at radius 1 is 1.40 bits per heavy atom. The van der Waals surface area contributed by atoms with Crippen LogP contribution in [0.1, 0.15) is 39.5 Å². The van der Waals surface area contributed by atoms with Crippen LogP contribution in [-0.2, 0) is 14.9 Å². The third-order valence-corrected chi connectivity index (χ3v) is 4.04. The monoisotopic (exact) mass is 308 g/mol. The van der Waals surface area contributed by atoms with Crippen LogP contribution in [0.15, 0.2) is 5.16 Å². The Morgan fingerprint density at radius 3 is 2.40 bits per heavy atom. The minimum atomic E-state index is -4.17. The number of ether oxygens (including phenoxy) is 1. The van der Waals surface area contributed by atoms with Gasteiger partial charge < -0.3 is 15.7 Å². The summed E-state index contributed by atoms with van der Waals surface area (Å²) >= 11 is 0. The third-order valence-electron chi connectivity index (χ3n) is 2.95. The van der Waals surface area contributed by atoms with Crippen LogP contribution in [0.4, 0.5) is 4.79 Å². The van der Waals surface area contributed by atoms with E-state index in [9.17, 15) is 13.2 Å². The van der Waals surface area contributed by atoms with Crippen molar-refractivity contribution in [3.63, 3.8) is 0 Å². The van der Waals surface area contributed by atoms with Gasteiger partial charge in [0.05, 0.1) is 11.6 Å². The summed E-state index contributed by atoms with van der Waals surface area (Å²) in [5.74, 6) is -0.224. The molecule has 0 aromatic carbocycles. The van der Waals surface area contributed by atoms with E-state index in [4.69, 9.17) is 15.7 Å². The SMILES string of the molecule is CC(C)OC(=O)NS(=O)(=O)NC1(C(N)=NO)CCCC1. The van der Waals surface area contributed by atoms with E-state index >= 15 is 0 Å². The van der Waals surface area contributed by atoms with Crippen molar-refractivity contribution >= 4 is 22.1 Å². The van der Waals surface area contributed by atoms with Gasteiger partial charge >= 0.3 is 16.3 Å². The lowest BCUT2D eigenvalue weighted by Gasteiger charge is -2.28. The number of hydrogen-bond donors (Lipinski definition) is 4. The molecule has 1 aliphatic carbocycles. The van der Waals surface area contributed by atoms with Crippen LogP contribution >= 0.6 is 0 Å². The van der Waals surface area contributed by atoms with Gasteiger partial charge in [-0.25, -0.2) is 9.52 Å². The topological polar surface area (TPSA) is 143 Å². The summed E-state index contributed by atoms with van der Waals surface area (Å²) in [4.78, 5) is 11.3. The van der Waals surface area contributed by atoms with Crippen LogP contribution in [0.2, 0.25) is 0 Å². The van der Waals surface area contributed by atoms with Crippen molar-refractivity contribution in [1.82, 2.24) is 9.44 Å². The molecule has 0 saturated heterocycles. The largest absolute Gasteiger partial charge is 0.446 e. The minimum absolute atomic E-state index is 0.224. The quantitative estimate of drug-likeness (QED) is 0.244. The molecular formula is C10H20N4O5S. The van der Waals surface area contributed by atoms with Crippen molar-refractivity contribution < 1.29 is 23.2 Å². The number of carbonyl (C=O) groups is 1. The number of amidine groups is 1. The van der Waals surface area contributed by atoms with Gasteiger partial charge in [0.15, 0.2) is 5.84 Å². The predicted molar refractivity (Wildman–Crippen MR) is 71.4 cm³/mol. The summed E-state index contributed by atoms with van der Waals surface area (Å²) < 4.78 is 32.5. The van der Waals surface area contributed by atoms with Crippen LogP contribution in [-0.4, -0.2) is 37.2 Å². The maximum Gasteiger partial charge on any atom is 0.422 e. The zero-order chi connectivity index (χ0) is 15.4. The van der Waals surface area contributed by atoms with Gasteiger partial charge in [-0.05, 0) is 26.7 Å². The van der Waals surface area contributed by atoms with Crippen LogP contribution in [0.3, 0.4) is 0 Å². The van der Waals surface area contributed by atoms with E-state index in [0.29, 0.717) is 12.8 Å². The molecular weight excluding hydrogens is 288 g/mol. The summed E-state index contributed by atoms with van der Waals surface area (Å²) in [5.41, 5.74) is 4.39. The van der Waals surface area contributed by atoms with Crippen molar-refractivity contribution in [2.24, 2.45) is 10.9 Å². The first-order valence-electron chi connectivity index (χ1n) is 6.21. The Labute approximate surface area is 117 Å². The predicted octanol–water partition coefficient (Wildman–Crippen LogP) is 0.0146. The van der Waals surface area contributed by atoms with Crippen molar-refractivity contribution in [2.45, 2.75) is 51.2 Å². The van der Waals surface area contributed by atoms with E-state index in [0.717, 1.165) is 12.8 Å². The van der Waals surface area contributed by atoms with Crippen molar-refractivity contribution in [3.05, 3.63) is 0 Å². The standard InChI is InChI=1S/C10H20N4O5S/c1-7(2)19-9(15)13-20(17,18)14-10(8(11)12-16)5-3-4-6-10/h7,14,16H,3-6H2,1-2H3,(H2,11,12)(H,13,15). The van der Waals surface area contributed by atoms with Crippen LogP contribution < -0.4 is 15.2 Å². The fraction of sp³-hybridized carbons (Fsp3) is 0.800. The lowest BCUT2D eigenvalue weighted by atomic mass is 9.98. The second kappa shape index (κ2) is 6.27. The molecule has 1 amide bonds. The number of oxime groups is 1. The normalized spacial score (nSPS) is 19.1. The smallest absolute Gasteiger partial charge is 0.422 e. The van der Waals surface area contributed by atoms with Gasteiger partial charge in [-0.3, -0.25) is 0 Å². The number of nitrogens with one attached hydrogen (secondary N) is 2. The maximum absolute atomic E-state index is 11.9. The van der Waals surface area contributed by atoms with E-state index in [2.05, 4.69) is 9.88 Å². The third kappa shape index (κ3) is 4.23. The van der Waals surface area contributed by atoms with Gasteiger partial charge in [-0.15, -0.1) is 0 Å². The average Bonchev–Trinajstić information content (AvgIpc) is 2.74. The zero-order valence-electron chi connectivity index (χ0n) is 11.4. The van der Waals surface area contributed by atoms with Gasteiger partial charge in [0, 0.05) is 0 Å². The molecule has 0 radical (unpaired) electrons. The summed E-state index contributed by atoms with van der Waals surface area (Å²) in [5, 5.41) is 11.7. The minimum Gasteiger partial charge on any atom is -0.446 e. The Hall–Kier alpha value is -1.55. The second-order valence-corrected chi connectivity index (χ2v) is 6.35. The molecule has 0 heterocycles. The highest BCUT2D eigenvalue weighted by atomic mass is 32.2. The molecule has 1 aliphatic rings. The first kappa shape index (κ1) is 16.5. The maximum atomic E-state index is 11.9. The molecule has 0 atom stereocenters. The van der Waals surface area contributed by atoms with E-state index in [1.54, 1.807) is 18.6 Å². The van der Waals surface area contributed by atoms with Gasteiger partial charge in [-0.1, -0.05) is 18.0 Å². The van der Waals surface area contributed by atoms with Gasteiger partial charge in [0.25, 0.3) is 0 Å². The molecule has 0 aromatic rings. The Bertz CT molecular complexity index is 482. The van der Waals surface area contributed by atoms with Gasteiger partial charge in [0.2, 0.25) is 0 Å². The zero-order valence-corrected chi connectivity index (χ0v) is 12.2. The molecule has 9 nitrogen and oxygen atoms in total. The summed E-state index contributed by atoms with van der Waals surface area (Å²) in [7, 11) is -4.17. The Kier molecular flexibility index (Phi) is 5.17. The average molecular weight is 308 g/mol. The fourth-order valence-corrected chi connectivity index (χ4v) is 3.26. The molecule has 1 saturated carbocycles. The van der Waals surface area contributed by atoms with Crippen molar-refractivity contribution in [2.75, 3.05) is 0 Å². The number of amides is 1. The molecule has 0 aliphatic heterocycles. The van der Waals surface area contributed by atoms with Crippen LogP contribution in [0.5, 0.6) is 0 Å².